The van der Waals surface area contributed by atoms with E-state index in [0.717, 1.165) is 16.3 Å². The number of hydrogen-bond donors (Lipinski definition) is 4. The summed E-state index contributed by atoms with van der Waals surface area (Å²) in [6.07, 6.45) is -1.43. The monoisotopic (exact) mass is 507 g/mol. The third kappa shape index (κ3) is 4.23. The Kier molecular flexibility index (Phi) is 6.55. The van der Waals surface area contributed by atoms with Gasteiger partial charge in [0.25, 0.3) is 11.8 Å². The molecule has 3 heterocycles. The highest BCUT2D eigenvalue weighted by Gasteiger charge is 2.57. The number of aliphatic hydroxyl groups is 1. The summed E-state index contributed by atoms with van der Waals surface area (Å²) in [5.41, 5.74) is -1.68. The molecule has 2 amide bonds. The van der Waals surface area contributed by atoms with Crippen LogP contribution < -0.4 is 10.9 Å². The number of fused-ring (bicyclic) bond motifs is 1. The van der Waals surface area contributed by atoms with E-state index in [4.69, 9.17) is 0 Å². The Morgan fingerprint density at radius 1 is 1.29 bits per heavy atom. The number of hydrogen-bond acceptors (Lipinski definition) is 10. The van der Waals surface area contributed by atoms with Crippen molar-refractivity contribution < 1.29 is 29.7 Å². The van der Waals surface area contributed by atoms with E-state index in [-0.39, 0.29) is 23.2 Å². The van der Waals surface area contributed by atoms with Gasteiger partial charge in [-0.15, -0.1) is 22.0 Å². The van der Waals surface area contributed by atoms with Gasteiger partial charge in [0.05, 0.1) is 0 Å². The second-order valence-corrected chi connectivity index (χ2v) is 10.1. The average molecular weight is 508 g/mol. The Morgan fingerprint density at radius 3 is 2.68 bits per heavy atom. The van der Waals surface area contributed by atoms with Gasteiger partial charge in [-0.05, 0) is 5.56 Å². The molecule has 180 valence electrons. The van der Waals surface area contributed by atoms with Gasteiger partial charge in [-0.2, -0.15) is 0 Å². The van der Waals surface area contributed by atoms with Crippen LogP contribution in [0, 0.1) is 5.41 Å². The van der Waals surface area contributed by atoms with Crippen molar-refractivity contribution in [3.63, 3.8) is 0 Å². The highest BCUT2D eigenvalue weighted by atomic mass is 32.2. The topological polar surface area (TPSA) is 175 Å². The summed E-state index contributed by atoms with van der Waals surface area (Å²) < 4.78 is 1.07. The number of aliphatic hydroxyl groups excluding tert-OH is 1. The van der Waals surface area contributed by atoms with Gasteiger partial charge in [-0.1, -0.05) is 42.1 Å². The maximum absolute atomic E-state index is 12.7. The zero-order valence-electron chi connectivity index (χ0n) is 17.8. The Bertz CT molecular complexity index is 1190. The first-order chi connectivity index (χ1) is 16.1. The highest BCUT2D eigenvalue weighted by Crippen LogP contribution is 2.44. The molecule has 0 bridgehead atoms. The summed E-state index contributed by atoms with van der Waals surface area (Å²) in [7, 11) is 1.38. The molecular formula is C20H21N5O7S2. The third-order valence-electron chi connectivity index (χ3n) is 5.75. The third-order valence-corrected chi connectivity index (χ3v) is 8.65. The minimum absolute atomic E-state index is 0.00230. The molecule has 2 saturated heterocycles. The molecule has 4 atom stereocenters. The van der Waals surface area contributed by atoms with Gasteiger partial charge in [0, 0.05) is 25.1 Å². The Morgan fingerprint density at radius 2 is 2.00 bits per heavy atom. The molecule has 0 aliphatic carbocycles. The normalized spacial score (nSPS) is 24.6. The summed E-state index contributed by atoms with van der Waals surface area (Å²) in [5.74, 6) is -2.85. The maximum atomic E-state index is 12.7. The van der Waals surface area contributed by atoms with Gasteiger partial charge in [-0.25, -0.2) is 0 Å². The van der Waals surface area contributed by atoms with Crippen LogP contribution in [-0.4, -0.2) is 82.2 Å². The number of aromatic nitrogens is 3. The number of rotatable bonds is 7. The van der Waals surface area contributed by atoms with Crippen LogP contribution in [0.1, 0.15) is 11.7 Å². The van der Waals surface area contributed by atoms with Crippen molar-refractivity contribution >= 4 is 41.3 Å². The number of thioether (sulfide) groups is 2. The molecule has 2 aromatic rings. The van der Waals surface area contributed by atoms with E-state index in [0.29, 0.717) is 5.56 Å². The highest BCUT2D eigenvalue weighted by molar-refractivity contribution is 8.00. The first-order valence-electron chi connectivity index (χ1n) is 10.1. The fourth-order valence-electron chi connectivity index (χ4n) is 3.69. The number of aliphatic carboxylic acids is 1. The zero-order valence-corrected chi connectivity index (χ0v) is 19.5. The number of carbonyl (C=O) groups excluding carboxylic acids is 2. The number of carbonyl (C=O) groups is 3. The van der Waals surface area contributed by atoms with E-state index < -0.39 is 52.2 Å². The molecule has 4 N–H and O–H groups in total. The number of carboxylic acid groups (broad SMARTS) is 1. The summed E-state index contributed by atoms with van der Waals surface area (Å²) in [4.78, 5) is 50.6. The van der Waals surface area contributed by atoms with Crippen molar-refractivity contribution in [3.05, 3.63) is 46.2 Å². The summed E-state index contributed by atoms with van der Waals surface area (Å²) in [6, 6.07) is 7.46. The molecule has 34 heavy (non-hydrogen) atoms. The van der Waals surface area contributed by atoms with Crippen LogP contribution in [0.2, 0.25) is 0 Å². The minimum atomic E-state index is -1.43. The van der Waals surface area contributed by atoms with Crippen LogP contribution in [0.5, 0.6) is 5.88 Å². The number of β-lactam (4-membered cyclic amide) rings is 1. The molecular weight excluding hydrogens is 486 g/mol. The minimum Gasteiger partial charge on any atom is -0.488 e. The largest absolute Gasteiger partial charge is 0.488 e. The van der Waals surface area contributed by atoms with Crippen molar-refractivity contribution in [2.24, 2.45) is 12.5 Å². The lowest BCUT2D eigenvalue weighted by Gasteiger charge is -2.53. The van der Waals surface area contributed by atoms with Crippen molar-refractivity contribution in [2.75, 3.05) is 18.1 Å². The molecule has 2 fully saturated rings. The summed E-state index contributed by atoms with van der Waals surface area (Å²) in [6.45, 7) is -0.0844. The van der Waals surface area contributed by atoms with Crippen LogP contribution >= 0.6 is 23.5 Å². The second kappa shape index (κ2) is 9.27. The molecule has 2 aliphatic heterocycles. The number of amides is 2. The molecule has 0 radical (unpaired) electrons. The molecule has 1 aromatic heterocycles. The van der Waals surface area contributed by atoms with Crippen LogP contribution in [0.15, 0.2) is 40.3 Å². The SMILES string of the molecule is Cn1c(SCC2(C(=O)O)CS[C@@H]3C(NC(=O)C(O)c4ccccc4)C(=O)N3C2)nnc(O)c1=O. The van der Waals surface area contributed by atoms with Gasteiger partial charge >= 0.3 is 11.5 Å². The predicted octanol–water partition coefficient (Wildman–Crippen LogP) is -0.822. The van der Waals surface area contributed by atoms with Crippen LogP contribution in [0.4, 0.5) is 0 Å². The van der Waals surface area contributed by atoms with E-state index in [1.165, 1.54) is 23.7 Å². The Hall–Kier alpha value is -3.10. The average Bonchev–Trinajstić information content (AvgIpc) is 2.85. The summed E-state index contributed by atoms with van der Waals surface area (Å²) >= 11 is 2.21. The maximum Gasteiger partial charge on any atom is 0.316 e. The molecule has 12 nitrogen and oxygen atoms in total. The molecule has 3 unspecified atom stereocenters. The number of carboxylic acids is 1. The lowest BCUT2D eigenvalue weighted by atomic mass is 9.89. The van der Waals surface area contributed by atoms with E-state index >= 15 is 0 Å². The fourth-order valence-corrected chi connectivity index (χ4v) is 6.46. The Labute approximate surface area is 201 Å². The number of nitrogens with one attached hydrogen (secondary N) is 1. The fraction of sp³-hybridized carbons (Fsp3) is 0.400. The van der Waals surface area contributed by atoms with E-state index in [1.54, 1.807) is 30.3 Å². The van der Waals surface area contributed by atoms with Crippen molar-refractivity contribution in [3.8, 4) is 5.88 Å². The van der Waals surface area contributed by atoms with E-state index in [1.807, 2.05) is 0 Å². The Balaban J connectivity index is 1.42. The van der Waals surface area contributed by atoms with Crippen LogP contribution in [0.25, 0.3) is 0 Å². The van der Waals surface area contributed by atoms with Gasteiger partial charge in [-0.3, -0.25) is 23.7 Å². The molecule has 14 heteroatoms. The summed E-state index contributed by atoms with van der Waals surface area (Å²) in [5, 5.41) is 38.9. The zero-order chi connectivity index (χ0) is 24.6. The van der Waals surface area contributed by atoms with Crippen LogP contribution in [0.3, 0.4) is 0 Å². The molecule has 0 spiro atoms. The number of aromatic hydroxyl groups is 1. The van der Waals surface area contributed by atoms with E-state index in [9.17, 15) is 34.5 Å². The molecule has 4 rings (SSSR count). The smallest absolute Gasteiger partial charge is 0.316 e. The predicted molar refractivity (Wildman–Crippen MR) is 121 cm³/mol. The van der Waals surface area contributed by atoms with Gasteiger partial charge in [0.1, 0.15) is 16.8 Å². The van der Waals surface area contributed by atoms with Crippen molar-refractivity contribution in [1.29, 1.82) is 0 Å². The molecule has 2 aliphatic rings. The standard InChI is InChI=1S/C20H21N5O7S2/c1-24-16(30)14(28)22-23-19(24)34-9-20(18(31)32)7-25-15(29)11(17(25)33-8-20)21-13(27)12(26)10-5-3-2-4-6-10/h2-6,11-12,17,26H,7-9H2,1H3,(H,21,27)(H,22,28)(H,31,32)/t11?,12?,17-,20?/m1/s1. The van der Waals surface area contributed by atoms with Gasteiger partial charge in [0.15, 0.2) is 11.3 Å². The van der Waals surface area contributed by atoms with Gasteiger partial charge in [0.2, 0.25) is 5.91 Å². The lowest BCUT2D eigenvalue weighted by Crippen LogP contribution is -2.74. The quantitative estimate of drug-likeness (QED) is 0.272. The van der Waals surface area contributed by atoms with Crippen LogP contribution in [-0.2, 0) is 21.4 Å². The number of nitrogens with zero attached hydrogens (tertiary/aromatic N) is 4. The van der Waals surface area contributed by atoms with Crippen molar-refractivity contribution in [1.82, 2.24) is 25.0 Å². The number of benzene rings is 1. The first-order valence-corrected chi connectivity index (χ1v) is 12.1. The second-order valence-electron chi connectivity index (χ2n) is 8.01. The lowest BCUT2D eigenvalue weighted by molar-refractivity contribution is -0.158. The first kappa shape index (κ1) is 24.0. The molecule has 1 aromatic carbocycles. The van der Waals surface area contributed by atoms with E-state index in [2.05, 4.69) is 15.5 Å². The van der Waals surface area contributed by atoms with Gasteiger partial charge < -0.3 is 25.5 Å². The molecule has 0 saturated carbocycles. The van der Waals surface area contributed by atoms with Crippen molar-refractivity contribution in [2.45, 2.75) is 22.7 Å².